The first-order valence-corrected chi connectivity index (χ1v) is 10.1. The van der Waals surface area contributed by atoms with Gasteiger partial charge in [0.1, 0.15) is 5.75 Å². The number of fused-ring (bicyclic) bond motifs is 1. The van der Waals surface area contributed by atoms with Gasteiger partial charge in [0.05, 0.1) is 10.2 Å². The summed E-state index contributed by atoms with van der Waals surface area (Å²) < 4.78 is 33.3. The van der Waals surface area contributed by atoms with Crippen LogP contribution in [0.5, 0.6) is 10.9 Å². The van der Waals surface area contributed by atoms with Crippen molar-refractivity contribution in [2.75, 3.05) is 19.6 Å². The molecule has 0 N–H and O–H groups in total. The number of ether oxygens (including phenoxy) is 1. The van der Waals surface area contributed by atoms with Gasteiger partial charge in [-0.2, -0.15) is 0 Å². The first-order chi connectivity index (χ1) is 13.1. The monoisotopic (exact) mass is 388 g/mol. The normalized spacial score (nSPS) is 17.3. The number of halogens is 2. The second kappa shape index (κ2) is 7.90. The van der Waals surface area contributed by atoms with Gasteiger partial charge in [0.15, 0.2) is 0 Å². The van der Waals surface area contributed by atoms with Crippen LogP contribution in [0.2, 0.25) is 0 Å². The second-order valence-electron chi connectivity index (χ2n) is 6.99. The fourth-order valence-electron chi connectivity index (χ4n) is 3.33. The number of hydrogen-bond donors (Lipinski definition) is 0. The molecule has 0 saturated carbocycles. The highest BCUT2D eigenvalue weighted by molar-refractivity contribution is 7.20. The Morgan fingerprint density at radius 3 is 2.52 bits per heavy atom. The van der Waals surface area contributed by atoms with E-state index >= 15 is 0 Å². The highest BCUT2D eigenvalue weighted by atomic mass is 32.1. The number of para-hydroxylation sites is 1. The zero-order valence-electron chi connectivity index (χ0n) is 15.0. The van der Waals surface area contributed by atoms with E-state index in [0.717, 1.165) is 35.4 Å². The van der Waals surface area contributed by atoms with Crippen molar-refractivity contribution in [2.24, 2.45) is 0 Å². The summed E-state index contributed by atoms with van der Waals surface area (Å²) in [6.45, 7) is 1.88. The van der Waals surface area contributed by atoms with E-state index < -0.39 is 5.92 Å². The lowest BCUT2D eigenvalue weighted by Crippen LogP contribution is -2.39. The van der Waals surface area contributed by atoms with Crippen LogP contribution in [0.1, 0.15) is 24.8 Å². The van der Waals surface area contributed by atoms with Crippen molar-refractivity contribution in [1.29, 1.82) is 0 Å². The third-order valence-corrected chi connectivity index (χ3v) is 5.84. The van der Waals surface area contributed by atoms with Crippen LogP contribution in [0.3, 0.4) is 0 Å². The Kier molecular flexibility index (Phi) is 5.36. The maximum Gasteiger partial charge on any atom is 0.279 e. The Bertz CT molecular complexity index is 852. The van der Waals surface area contributed by atoms with E-state index in [1.54, 1.807) is 0 Å². The maximum atomic E-state index is 13.2. The van der Waals surface area contributed by atoms with E-state index in [1.807, 2.05) is 36.4 Å². The SMILES string of the molecule is FC1(F)CCN(CCCc2ccc(Oc3nc4ccccc4s3)cc2)CC1. The molecule has 1 fully saturated rings. The van der Waals surface area contributed by atoms with E-state index in [-0.39, 0.29) is 12.8 Å². The summed E-state index contributed by atoms with van der Waals surface area (Å²) >= 11 is 1.53. The number of benzene rings is 2. The van der Waals surface area contributed by atoms with Gasteiger partial charge in [-0.1, -0.05) is 35.6 Å². The first-order valence-electron chi connectivity index (χ1n) is 9.30. The number of thiazole rings is 1. The van der Waals surface area contributed by atoms with Crippen molar-refractivity contribution < 1.29 is 13.5 Å². The van der Waals surface area contributed by atoms with E-state index in [2.05, 4.69) is 22.0 Å². The molecule has 4 rings (SSSR count). The number of hydrogen-bond acceptors (Lipinski definition) is 4. The largest absolute Gasteiger partial charge is 0.431 e. The van der Waals surface area contributed by atoms with E-state index in [9.17, 15) is 8.78 Å². The molecule has 0 amide bonds. The summed E-state index contributed by atoms with van der Waals surface area (Å²) in [7, 11) is 0. The molecule has 1 aromatic heterocycles. The van der Waals surface area contributed by atoms with Gasteiger partial charge in [-0.05, 0) is 49.2 Å². The Morgan fingerprint density at radius 1 is 1.04 bits per heavy atom. The first kappa shape index (κ1) is 18.3. The fraction of sp³-hybridized carbons (Fsp3) is 0.381. The van der Waals surface area contributed by atoms with Gasteiger partial charge in [-0.3, -0.25) is 0 Å². The van der Waals surface area contributed by atoms with E-state index in [1.165, 1.54) is 16.9 Å². The summed E-state index contributed by atoms with van der Waals surface area (Å²) in [5, 5.41) is 0.644. The van der Waals surface area contributed by atoms with Crippen LogP contribution in [-0.4, -0.2) is 35.4 Å². The molecule has 0 radical (unpaired) electrons. The number of aromatic nitrogens is 1. The van der Waals surface area contributed by atoms with Crippen LogP contribution in [0.4, 0.5) is 8.78 Å². The van der Waals surface area contributed by atoms with Gasteiger partial charge in [0.25, 0.3) is 11.1 Å². The fourth-order valence-corrected chi connectivity index (χ4v) is 4.17. The molecule has 0 atom stereocenters. The molecule has 1 aliphatic rings. The quantitative estimate of drug-likeness (QED) is 0.537. The van der Waals surface area contributed by atoms with Crippen LogP contribution < -0.4 is 4.74 Å². The van der Waals surface area contributed by atoms with Crippen LogP contribution in [-0.2, 0) is 6.42 Å². The number of piperidine rings is 1. The van der Waals surface area contributed by atoms with Crippen molar-refractivity contribution in [3.8, 4) is 10.9 Å². The summed E-state index contributed by atoms with van der Waals surface area (Å²) in [4.78, 5) is 6.62. The number of nitrogens with zero attached hydrogens (tertiary/aromatic N) is 2. The molecular weight excluding hydrogens is 366 g/mol. The molecule has 0 spiro atoms. The molecule has 6 heteroatoms. The molecular formula is C21H22F2N2OS. The molecule has 2 aromatic carbocycles. The van der Waals surface area contributed by atoms with Crippen LogP contribution in [0, 0.1) is 0 Å². The molecule has 3 nitrogen and oxygen atoms in total. The zero-order valence-corrected chi connectivity index (χ0v) is 15.9. The van der Waals surface area contributed by atoms with Gasteiger partial charge in [-0.25, -0.2) is 13.8 Å². The van der Waals surface area contributed by atoms with Gasteiger partial charge in [0, 0.05) is 25.9 Å². The van der Waals surface area contributed by atoms with Crippen LogP contribution >= 0.6 is 11.3 Å². The maximum absolute atomic E-state index is 13.2. The predicted molar refractivity (Wildman–Crippen MR) is 105 cm³/mol. The third kappa shape index (κ3) is 4.82. The number of likely N-dealkylation sites (tertiary alicyclic amines) is 1. The highest BCUT2D eigenvalue weighted by Crippen LogP contribution is 2.31. The summed E-state index contributed by atoms with van der Waals surface area (Å²) in [5.41, 5.74) is 2.18. The Balaban J connectivity index is 1.26. The number of rotatable bonds is 6. The van der Waals surface area contributed by atoms with Crippen molar-refractivity contribution in [3.05, 3.63) is 54.1 Å². The topological polar surface area (TPSA) is 25.4 Å². The minimum Gasteiger partial charge on any atom is -0.431 e. The molecule has 1 aliphatic heterocycles. The smallest absolute Gasteiger partial charge is 0.279 e. The van der Waals surface area contributed by atoms with Crippen molar-refractivity contribution >= 4 is 21.6 Å². The van der Waals surface area contributed by atoms with Crippen molar-refractivity contribution in [1.82, 2.24) is 9.88 Å². The van der Waals surface area contributed by atoms with Gasteiger partial charge < -0.3 is 9.64 Å². The lowest BCUT2D eigenvalue weighted by atomic mass is 10.1. The predicted octanol–water partition coefficient (Wildman–Crippen LogP) is 5.75. The molecule has 2 heterocycles. The number of alkyl halides is 2. The standard InChI is InChI=1S/C21H22F2N2OS/c22-21(23)11-14-25(15-12-21)13-3-4-16-7-9-17(10-8-16)26-20-24-18-5-1-2-6-19(18)27-20/h1-2,5-10H,3-4,11-15H2. The van der Waals surface area contributed by atoms with Gasteiger partial charge >= 0.3 is 0 Å². The van der Waals surface area contributed by atoms with E-state index in [4.69, 9.17) is 4.74 Å². The van der Waals surface area contributed by atoms with Crippen LogP contribution in [0.25, 0.3) is 10.2 Å². The Morgan fingerprint density at radius 2 is 1.78 bits per heavy atom. The number of aryl methyl sites for hydroxylation is 1. The zero-order chi connectivity index (χ0) is 18.7. The van der Waals surface area contributed by atoms with Gasteiger partial charge in [0.2, 0.25) is 0 Å². The molecule has 0 unspecified atom stereocenters. The van der Waals surface area contributed by atoms with Gasteiger partial charge in [-0.15, -0.1) is 0 Å². The van der Waals surface area contributed by atoms with E-state index in [0.29, 0.717) is 18.3 Å². The Hall–Kier alpha value is -2.05. The van der Waals surface area contributed by atoms with Crippen LogP contribution in [0.15, 0.2) is 48.5 Å². The van der Waals surface area contributed by atoms with Crippen molar-refractivity contribution in [3.63, 3.8) is 0 Å². The minimum absolute atomic E-state index is 0.00912. The molecule has 3 aromatic rings. The average molecular weight is 388 g/mol. The third-order valence-electron chi connectivity index (χ3n) is 4.93. The molecule has 0 bridgehead atoms. The molecule has 142 valence electrons. The molecule has 1 saturated heterocycles. The Labute approximate surface area is 161 Å². The lowest BCUT2D eigenvalue weighted by Gasteiger charge is -2.31. The average Bonchev–Trinajstić information content (AvgIpc) is 3.07. The summed E-state index contributed by atoms with van der Waals surface area (Å²) in [6.07, 6.45) is 1.90. The summed E-state index contributed by atoms with van der Waals surface area (Å²) in [6, 6.07) is 16.0. The molecule has 27 heavy (non-hydrogen) atoms. The lowest BCUT2D eigenvalue weighted by molar-refractivity contribution is -0.0551. The summed E-state index contributed by atoms with van der Waals surface area (Å²) in [5.74, 6) is -1.69. The second-order valence-corrected chi connectivity index (χ2v) is 7.99. The van der Waals surface area contributed by atoms with Crippen molar-refractivity contribution in [2.45, 2.75) is 31.6 Å². The minimum atomic E-state index is -2.46. The molecule has 0 aliphatic carbocycles. The highest BCUT2D eigenvalue weighted by Gasteiger charge is 2.33.